The molecule has 0 spiro atoms. The van der Waals surface area contributed by atoms with Gasteiger partial charge >= 0.3 is 0 Å². The number of nitrogens with one attached hydrogen (secondary N) is 1. The largest absolute Gasteiger partial charge is 0.382 e. The average molecular weight is 443 g/mol. The minimum Gasteiger partial charge on any atom is -0.382 e. The molecule has 4 aromatic rings. The van der Waals surface area contributed by atoms with Gasteiger partial charge in [-0.25, -0.2) is 14.6 Å². The van der Waals surface area contributed by atoms with E-state index < -0.39 is 0 Å². The highest BCUT2D eigenvalue weighted by Gasteiger charge is 2.31. The van der Waals surface area contributed by atoms with Crippen molar-refractivity contribution in [3.63, 3.8) is 0 Å². The van der Waals surface area contributed by atoms with Gasteiger partial charge in [-0.3, -0.25) is 4.90 Å². The van der Waals surface area contributed by atoms with Gasteiger partial charge in [-0.2, -0.15) is 15.0 Å². The van der Waals surface area contributed by atoms with Crippen LogP contribution < -0.4 is 5.32 Å². The molecule has 33 heavy (non-hydrogen) atoms. The Hall–Kier alpha value is -3.84. The summed E-state index contributed by atoms with van der Waals surface area (Å²) in [4.78, 5) is 11.5. The van der Waals surface area contributed by atoms with E-state index in [2.05, 4.69) is 69.4 Å². The zero-order chi connectivity index (χ0) is 23.1. The van der Waals surface area contributed by atoms with Crippen LogP contribution in [0.5, 0.6) is 0 Å². The lowest BCUT2D eigenvalue weighted by Gasteiger charge is -2.41. The molecule has 0 atom stereocenters. The highest BCUT2D eigenvalue weighted by molar-refractivity contribution is 5.79. The molecule has 0 aliphatic carbocycles. The van der Waals surface area contributed by atoms with Gasteiger partial charge in [-0.05, 0) is 33.8 Å². The zero-order valence-electron chi connectivity index (χ0n) is 19.1. The summed E-state index contributed by atoms with van der Waals surface area (Å²) in [5.74, 6) is 0.632. The summed E-state index contributed by atoms with van der Waals surface area (Å²) in [7, 11) is 0. The Bertz CT molecular complexity index is 1340. The van der Waals surface area contributed by atoms with Gasteiger partial charge in [0.1, 0.15) is 11.8 Å². The van der Waals surface area contributed by atoms with Crippen molar-refractivity contribution in [3.8, 4) is 23.1 Å². The fourth-order valence-electron chi connectivity index (χ4n) is 4.00. The molecule has 1 fully saturated rings. The average Bonchev–Trinajstić information content (AvgIpc) is 3.39. The molecule has 4 aromatic heterocycles. The highest BCUT2D eigenvalue weighted by atomic mass is 15.5. The van der Waals surface area contributed by atoms with Gasteiger partial charge in [0.2, 0.25) is 0 Å². The van der Waals surface area contributed by atoms with Gasteiger partial charge in [0.25, 0.3) is 0 Å². The molecule has 1 saturated heterocycles. The molecule has 0 unspecified atom stereocenters. The van der Waals surface area contributed by atoms with Crippen LogP contribution in [-0.2, 0) is 0 Å². The van der Waals surface area contributed by atoms with Crippen molar-refractivity contribution in [2.24, 2.45) is 0 Å². The Morgan fingerprint density at radius 2 is 1.91 bits per heavy atom. The Morgan fingerprint density at radius 1 is 1.09 bits per heavy atom. The molecule has 5 rings (SSSR count). The van der Waals surface area contributed by atoms with E-state index in [9.17, 15) is 0 Å². The van der Waals surface area contributed by atoms with Crippen LogP contribution in [0.15, 0.2) is 36.9 Å². The van der Waals surface area contributed by atoms with Gasteiger partial charge in [0.15, 0.2) is 11.5 Å². The second-order valence-corrected chi connectivity index (χ2v) is 8.98. The maximum atomic E-state index is 9.12. The lowest BCUT2D eigenvalue weighted by atomic mass is 10.1. The molecule has 0 bridgehead atoms. The second-order valence-electron chi connectivity index (χ2n) is 8.98. The van der Waals surface area contributed by atoms with Gasteiger partial charge in [0, 0.05) is 60.3 Å². The second kappa shape index (κ2) is 8.26. The molecule has 10 nitrogen and oxygen atoms in total. The third kappa shape index (κ3) is 3.91. The molecule has 0 saturated carbocycles. The van der Waals surface area contributed by atoms with E-state index in [-0.39, 0.29) is 6.04 Å². The quantitative estimate of drug-likeness (QED) is 0.485. The van der Waals surface area contributed by atoms with Gasteiger partial charge in [-0.15, -0.1) is 5.10 Å². The first kappa shape index (κ1) is 21.0. The van der Waals surface area contributed by atoms with E-state index in [0.29, 0.717) is 29.1 Å². The van der Waals surface area contributed by atoms with E-state index >= 15 is 0 Å². The number of fused-ring (bicyclic) bond motifs is 1. The normalized spacial score (nSPS) is 14.7. The minimum atomic E-state index is 0.214. The van der Waals surface area contributed by atoms with E-state index in [1.807, 2.05) is 16.9 Å². The lowest BCUT2D eigenvalue weighted by molar-refractivity contribution is 0.0664. The summed E-state index contributed by atoms with van der Waals surface area (Å²) in [6, 6.07) is 6.93. The Morgan fingerprint density at radius 3 is 2.64 bits per heavy atom. The van der Waals surface area contributed by atoms with Crippen molar-refractivity contribution in [2.45, 2.75) is 45.8 Å². The number of aromatic nitrogens is 7. The molecule has 10 heteroatoms. The Labute approximate surface area is 191 Å². The minimum absolute atomic E-state index is 0.214. The van der Waals surface area contributed by atoms with E-state index in [1.165, 1.54) is 0 Å². The molecule has 0 radical (unpaired) electrons. The van der Waals surface area contributed by atoms with Crippen LogP contribution >= 0.6 is 0 Å². The smallest absolute Gasteiger partial charge is 0.164 e. The number of pyridine rings is 2. The first-order valence-corrected chi connectivity index (χ1v) is 11.1. The molecule has 0 aromatic carbocycles. The maximum absolute atomic E-state index is 9.12. The molecule has 5 heterocycles. The standard InChI is InChI=1S/C23H26N10/c1-14(2)28-20-6-22(33-23-17(9-27-33)5-16(7-24)8-26-23)25-10-19(20)21-13-32(30-29-21)18-11-31(12-18)15(3)4/h5-6,8-10,13-15,18H,11-12H2,1-4H3,(H,25,28). The van der Waals surface area contributed by atoms with E-state index in [1.54, 1.807) is 29.3 Å². The number of rotatable bonds is 6. The monoisotopic (exact) mass is 442 g/mol. The third-order valence-electron chi connectivity index (χ3n) is 5.87. The topological polar surface area (TPSA) is 113 Å². The Kier molecular flexibility index (Phi) is 5.26. The lowest BCUT2D eigenvalue weighted by Crippen LogP contribution is -2.51. The maximum Gasteiger partial charge on any atom is 0.164 e. The first-order chi connectivity index (χ1) is 15.9. The summed E-state index contributed by atoms with van der Waals surface area (Å²) < 4.78 is 3.64. The summed E-state index contributed by atoms with van der Waals surface area (Å²) in [5.41, 5.74) is 3.71. The molecule has 168 valence electrons. The zero-order valence-corrected chi connectivity index (χ0v) is 19.1. The van der Waals surface area contributed by atoms with Crippen LogP contribution in [0.3, 0.4) is 0 Å². The SMILES string of the molecule is CC(C)Nc1cc(-n2ncc3cc(C#N)cnc32)ncc1-c1cn(C2CN(C(C)C)C2)nn1. The van der Waals surface area contributed by atoms with E-state index in [4.69, 9.17) is 5.26 Å². The van der Waals surface area contributed by atoms with Crippen LogP contribution in [-0.4, -0.2) is 64.8 Å². The number of hydrogen-bond donors (Lipinski definition) is 1. The van der Waals surface area contributed by atoms with E-state index in [0.717, 1.165) is 35.4 Å². The summed E-state index contributed by atoms with van der Waals surface area (Å²) in [6.07, 6.45) is 7.03. The fraction of sp³-hybridized carbons (Fsp3) is 0.391. The molecule has 1 aliphatic rings. The van der Waals surface area contributed by atoms with Gasteiger partial charge < -0.3 is 5.32 Å². The van der Waals surface area contributed by atoms with Crippen molar-refractivity contribution in [1.29, 1.82) is 5.26 Å². The molecule has 1 aliphatic heterocycles. The first-order valence-electron chi connectivity index (χ1n) is 11.1. The summed E-state index contributed by atoms with van der Waals surface area (Å²) >= 11 is 0. The van der Waals surface area contributed by atoms with Gasteiger partial charge in [-0.1, -0.05) is 5.21 Å². The van der Waals surface area contributed by atoms with Crippen molar-refractivity contribution in [2.75, 3.05) is 18.4 Å². The summed E-state index contributed by atoms with van der Waals surface area (Å²) in [6.45, 7) is 10.6. The van der Waals surface area contributed by atoms with Crippen LogP contribution in [0.4, 0.5) is 5.69 Å². The number of nitrogens with zero attached hydrogens (tertiary/aromatic N) is 9. The fourth-order valence-corrected chi connectivity index (χ4v) is 4.00. The molecular formula is C23H26N10. The number of anilines is 1. The number of nitriles is 1. The highest BCUT2D eigenvalue weighted by Crippen LogP contribution is 2.30. The molecule has 0 amide bonds. The Balaban J connectivity index is 1.48. The van der Waals surface area contributed by atoms with Crippen molar-refractivity contribution in [3.05, 3.63) is 42.5 Å². The third-order valence-corrected chi connectivity index (χ3v) is 5.87. The number of hydrogen-bond acceptors (Lipinski definition) is 8. The predicted molar refractivity (Wildman–Crippen MR) is 125 cm³/mol. The van der Waals surface area contributed by atoms with Gasteiger partial charge in [0.05, 0.1) is 24.0 Å². The molecule has 1 N–H and O–H groups in total. The van der Waals surface area contributed by atoms with Crippen molar-refractivity contribution < 1.29 is 0 Å². The predicted octanol–water partition coefficient (Wildman–Crippen LogP) is 3.03. The summed E-state index contributed by atoms with van der Waals surface area (Å²) in [5, 5.41) is 26.7. The number of likely N-dealkylation sites (tertiary alicyclic amines) is 1. The van der Waals surface area contributed by atoms with Crippen LogP contribution in [0.25, 0.3) is 28.1 Å². The van der Waals surface area contributed by atoms with Crippen LogP contribution in [0.2, 0.25) is 0 Å². The van der Waals surface area contributed by atoms with Crippen LogP contribution in [0.1, 0.15) is 39.3 Å². The molecular weight excluding hydrogens is 416 g/mol. The van der Waals surface area contributed by atoms with Crippen LogP contribution in [0, 0.1) is 11.3 Å². The van der Waals surface area contributed by atoms with Crippen molar-refractivity contribution >= 4 is 16.7 Å². The van der Waals surface area contributed by atoms with Crippen molar-refractivity contribution in [1.82, 2.24) is 39.6 Å².